The van der Waals surface area contributed by atoms with E-state index in [1.54, 1.807) is 26.1 Å². The normalized spacial score (nSPS) is 11.7. The number of amides is 3. The number of hydrogen-bond donors (Lipinski definition) is 2. The molecular weight excluding hydrogens is 339 g/mol. The lowest BCUT2D eigenvalue weighted by Gasteiger charge is -2.20. The second kappa shape index (κ2) is 7.12. The molecule has 3 amide bonds. The first-order valence-electron chi connectivity index (χ1n) is 7.29. The Bertz CT molecular complexity index is 692. The predicted molar refractivity (Wildman–Crippen MR) is 87.2 cm³/mol. The molecule has 1 aromatic carbocycles. The van der Waals surface area contributed by atoms with Gasteiger partial charge in [-0.3, -0.25) is 14.4 Å². The van der Waals surface area contributed by atoms with E-state index in [1.165, 1.54) is 26.2 Å². The van der Waals surface area contributed by atoms with Gasteiger partial charge in [0.2, 0.25) is 5.91 Å². The van der Waals surface area contributed by atoms with Crippen LogP contribution in [0.4, 0.5) is 24.5 Å². The third kappa shape index (κ3) is 5.47. The first-order valence-corrected chi connectivity index (χ1v) is 7.29. The minimum Gasteiger partial charge on any atom is -0.345 e. The number of nitrogens with one attached hydrogen (secondary N) is 2. The maximum absolute atomic E-state index is 12.5. The van der Waals surface area contributed by atoms with Gasteiger partial charge in [0.25, 0.3) is 5.91 Å². The molecule has 0 atom stereocenters. The third-order valence-corrected chi connectivity index (χ3v) is 3.10. The van der Waals surface area contributed by atoms with Crippen LogP contribution >= 0.6 is 0 Å². The molecule has 0 heterocycles. The molecule has 0 radical (unpaired) electrons. The van der Waals surface area contributed by atoms with Crippen LogP contribution in [0.1, 0.15) is 31.1 Å². The minimum absolute atomic E-state index is 0.128. The second-order valence-corrected chi connectivity index (χ2v) is 6.62. The Hall–Kier alpha value is -2.58. The highest BCUT2D eigenvalue weighted by molar-refractivity contribution is 6.06. The molecule has 6 nitrogen and oxygen atoms in total. The molecule has 2 N–H and O–H groups in total. The Morgan fingerprint density at radius 1 is 0.960 bits per heavy atom. The van der Waals surface area contributed by atoms with Gasteiger partial charge in [0.05, 0.1) is 11.3 Å². The van der Waals surface area contributed by atoms with Crippen LogP contribution in [0.25, 0.3) is 0 Å². The van der Waals surface area contributed by atoms with Crippen LogP contribution < -0.4 is 10.6 Å². The fourth-order valence-electron chi connectivity index (χ4n) is 1.66. The standard InChI is InChI=1S/C16H20F3N3O3/c1-15(2,3)13(24)20-9-6-7-10(12(23)22(4)5)11(8-9)21-14(25)16(17,18)19/h6-8H,1-5H3,(H,20,24)(H,21,25). The van der Waals surface area contributed by atoms with Crippen molar-refractivity contribution in [2.75, 3.05) is 24.7 Å². The molecule has 9 heteroatoms. The number of halogens is 3. The van der Waals surface area contributed by atoms with Gasteiger partial charge in [0, 0.05) is 25.2 Å². The van der Waals surface area contributed by atoms with Gasteiger partial charge >= 0.3 is 12.1 Å². The molecule has 0 unspecified atom stereocenters. The van der Waals surface area contributed by atoms with Crippen molar-refractivity contribution in [2.45, 2.75) is 26.9 Å². The molecule has 0 bridgehead atoms. The molecule has 0 fully saturated rings. The predicted octanol–water partition coefficient (Wildman–Crippen LogP) is 2.87. The van der Waals surface area contributed by atoms with Crippen molar-refractivity contribution >= 4 is 29.1 Å². The first kappa shape index (κ1) is 20.5. The average molecular weight is 359 g/mol. The summed E-state index contributed by atoms with van der Waals surface area (Å²) in [4.78, 5) is 36.5. The Labute approximate surface area is 143 Å². The SMILES string of the molecule is CN(C)C(=O)c1ccc(NC(=O)C(C)(C)C)cc1NC(=O)C(F)(F)F. The Kier molecular flexibility index (Phi) is 5.83. The molecular formula is C16H20F3N3O3. The summed E-state index contributed by atoms with van der Waals surface area (Å²) in [5, 5.41) is 4.21. The van der Waals surface area contributed by atoms with E-state index < -0.39 is 23.4 Å². The molecule has 1 aromatic rings. The van der Waals surface area contributed by atoms with Gasteiger partial charge in [-0.25, -0.2) is 0 Å². The van der Waals surface area contributed by atoms with Crippen molar-refractivity contribution in [3.63, 3.8) is 0 Å². The molecule has 0 spiro atoms. The summed E-state index contributed by atoms with van der Waals surface area (Å²) in [7, 11) is 2.85. The number of carbonyl (C=O) groups excluding carboxylic acids is 3. The molecule has 25 heavy (non-hydrogen) atoms. The number of alkyl halides is 3. The summed E-state index contributed by atoms with van der Waals surface area (Å²) in [6.07, 6.45) is -5.11. The van der Waals surface area contributed by atoms with E-state index in [4.69, 9.17) is 0 Å². The van der Waals surface area contributed by atoms with E-state index in [0.717, 1.165) is 11.0 Å². The molecule has 0 aliphatic heterocycles. The summed E-state index contributed by atoms with van der Waals surface area (Å²) in [6, 6.07) is 3.74. The van der Waals surface area contributed by atoms with E-state index in [1.807, 2.05) is 0 Å². The van der Waals surface area contributed by atoms with E-state index >= 15 is 0 Å². The van der Waals surface area contributed by atoms with Crippen LogP contribution in [-0.4, -0.2) is 42.9 Å². The van der Waals surface area contributed by atoms with E-state index in [-0.39, 0.29) is 22.8 Å². The molecule has 1 rings (SSSR count). The van der Waals surface area contributed by atoms with Gasteiger partial charge < -0.3 is 15.5 Å². The van der Waals surface area contributed by atoms with Crippen LogP contribution in [0, 0.1) is 5.41 Å². The van der Waals surface area contributed by atoms with E-state index in [0.29, 0.717) is 0 Å². The van der Waals surface area contributed by atoms with E-state index in [9.17, 15) is 27.6 Å². The number of benzene rings is 1. The lowest BCUT2D eigenvalue weighted by molar-refractivity contribution is -0.167. The quantitative estimate of drug-likeness (QED) is 0.871. The maximum Gasteiger partial charge on any atom is 0.471 e. The summed E-state index contributed by atoms with van der Waals surface area (Å²) >= 11 is 0. The number of carbonyl (C=O) groups is 3. The van der Waals surface area contributed by atoms with E-state index in [2.05, 4.69) is 5.32 Å². The zero-order chi connectivity index (χ0) is 19.6. The molecule has 0 saturated carbocycles. The molecule has 0 saturated heterocycles. The average Bonchev–Trinajstić information content (AvgIpc) is 2.44. The van der Waals surface area contributed by atoms with Gasteiger partial charge in [-0.05, 0) is 18.2 Å². The second-order valence-electron chi connectivity index (χ2n) is 6.62. The first-order chi connectivity index (χ1) is 11.2. The molecule has 0 aromatic heterocycles. The zero-order valence-electron chi connectivity index (χ0n) is 14.5. The molecule has 0 aliphatic rings. The van der Waals surface area contributed by atoms with Crippen molar-refractivity contribution in [1.82, 2.24) is 4.90 Å². The van der Waals surface area contributed by atoms with Crippen LogP contribution in [-0.2, 0) is 9.59 Å². The highest BCUT2D eigenvalue weighted by Crippen LogP contribution is 2.26. The summed E-state index contributed by atoms with van der Waals surface area (Å²) < 4.78 is 37.5. The van der Waals surface area contributed by atoms with Crippen LogP contribution in [0.3, 0.4) is 0 Å². The van der Waals surface area contributed by atoms with Crippen LogP contribution in [0.5, 0.6) is 0 Å². The van der Waals surface area contributed by atoms with Crippen LogP contribution in [0.15, 0.2) is 18.2 Å². The van der Waals surface area contributed by atoms with Gasteiger partial charge in [-0.2, -0.15) is 13.2 Å². The van der Waals surface area contributed by atoms with Gasteiger partial charge in [-0.15, -0.1) is 0 Å². The maximum atomic E-state index is 12.5. The number of anilines is 2. The summed E-state index contributed by atoms with van der Waals surface area (Å²) in [6.45, 7) is 5.00. The Morgan fingerprint density at radius 3 is 1.96 bits per heavy atom. The monoisotopic (exact) mass is 359 g/mol. The topological polar surface area (TPSA) is 78.5 Å². The lowest BCUT2D eigenvalue weighted by atomic mass is 9.95. The van der Waals surface area contributed by atoms with Crippen molar-refractivity contribution in [2.24, 2.45) is 5.41 Å². The van der Waals surface area contributed by atoms with Gasteiger partial charge in [0.15, 0.2) is 0 Å². The largest absolute Gasteiger partial charge is 0.471 e. The van der Waals surface area contributed by atoms with Crippen molar-refractivity contribution < 1.29 is 27.6 Å². The summed E-state index contributed by atoms with van der Waals surface area (Å²) in [5.41, 5.74) is -1.04. The lowest BCUT2D eigenvalue weighted by Crippen LogP contribution is -2.32. The zero-order valence-corrected chi connectivity index (χ0v) is 14.5. The minimum atomic E-state index is -5.11. The number of nitrogens with zero attached hydrogens (tertiary/aromatic N) is 1. The fraction of sp³-hybridized carbons (Fsp3) is 0.438. The van der Waals surface area contributed by atoms with Crippen molar-refractivity contribution in [1.29, 1.82) is 0 Å². The smallest absolute Gasteiger partial charge is 0.345 e. The highest BCUT2D eigenvalue weighted by atomic mass is 19.4. The van der Waals surface area contributed by atoms with Crippen LogP contribution in [0.2, 0.25) is 0 Å². The van der Waals surface area contributed by atoms with Gasteiger partial charge in [-0.1, -0.05) is 20.8 Å². The van der Waals surface area contributed by atoms with Gasteiger partial charge in [0.1, 0.15) is 0 Å². The summed E-state index contributed by atoms with van der Waals surface area (Å²) in [5.74, 6) is -3.17. The van der Waals surface area contributed by atoms with Crippen molar-refractivity contribution in [3.8, 4) is 0 Å². The Balaban J connectivity index is 3.26. The fourth-order valence-corrected chi connectivity index (χ4v) is 1.66. The third-order valence-electron chi connectivity index (χ3n) is 3.10. The van der Waals surface area contributed by atoms with Crippen molar-refractivity contribution in [3.05, 3.63) is 23.8 Å². The number of rotatable bonds is 3. The molecule has 0 aliphatic carbocycles. The number of hydrogen-bond acceptors (Lipinski definition) is 3. The molecule has 138 valence electrons. The highest BCUT2D eigenvalue weighted by Gasteiger charge is 2.39. The Morgan fingerprint density at radius 2 is 1.52 bits per heavy atom.